The molecule has 1 aliphatic rings. The molecule has 2 amide bonds. The van der Waals surface area contributed by atoms with Crippen LogP contribution in [0.1, 0.15) is 59.0 Å². The molecule has 0 saturated heterocycles. The number of benzene rings is 2. The highest BCUT2D eigenvalue weighted by Crippen LogP contribution is 2.23. The van der Waals surface area contributed by atoms with Gasteiger partial charge in [-0.1, -0.05) is 57.2 Å². The average molecular weight is 379 g/mol. The predicted molar refractivity (Wildman–Crippen MR) is 106 cm³/mol. The Morgan fingerprint density at radius 2 is 1.50 bits per heavy atom. The van der Waals surface area contributed by atoms with E-state index in [1.807, 2.05) is 12.1 Å². The van der Waals surface area contributed by atoms with E-state index >= 15 is 0 Å². The van der Waals surface area contributed by atoms with Gasteiger partial charge in [-0.3, -0.25) is 19.3 Å². The minimum Gasteiger partial charge on any atom is -0.464 e. The number of aryl methyl sites for hydroxylation is 1. The first-order valence-electron chi connectivity index (χ1n) is 9.47. The third-order valence-corrected chi connectivity index (χ3v) is 4.89. The molecule has 0 spiro atoms. The maximum atomic E-state index is 12.3. The van der Waals surface area contributed by atoms with Gasteiger partial charge >= 0.3 is 5.97 Å². The zero-order valence-corrected chi connectivity index (χ0v) is 16.5. The zero-order chi connectivity index (χ0) is 20.3. The number of esters is 1. The van der Waals surface area contributed by atoms with Crippen LogP contribution in [0, 0.1) is 0 Å². The summed E-state index contributed by atoms with van der Waals surface area (Å²) in [4.78, 5) is 37.6. The van der Waals surface area contributed by atoms with Gasteiger partial charge in [0.2, 0.25) is 0 Å². The van der Waals surface area contributed by atoms with Gasteiger partial charge in [-0.2, -0.15) is 0 Å². The Morgan fingerprint density at radius 1 is 0.929 bits per heavy atom. The summed E-state index contributed by atoms with van der Waals surface area (Å²) in [5.41, 5.74) is 3.22. The summed E-state index contributed by atoms with van der Waals surface area (Å²) < 4.78 is 5.21. The molecule has 28 heavy (non-hydrogen) atoms. The molecular weight excluding hydrogens is 354 g/mol. The molecule has 0 unspecified atom stereocenters. The number of carbonyl (C=O) groups excluding carboxylic acids is 3. The van der Waals surface area contributed by atoms with E-state index in [-0.39, 0.29) is 42.8 Å². The lowest BCUT2D eigenvalue weighted by atomic mass is 9.86. The standard InChI is InChI=1S/C23H25NO4/c1-23(2,3)17-11-8-16(9-12-17)10-13-20(25)28-15-14-24-21(26)18-6-4-5-7-19(18)22(24)27/h4-9,11-12H,10,13-15H2,1-3H3. The van der Waals surface area contributed by atoms with Gasteiger partial charge in [0.15, 0.2) is 0 Å². The summed E-state index contributed by atoms with van der Waals surface area (Å²) >= 11 is 0. The van der Waals surface area contributed by atoms with Crippen molar-refractivity contribution in [2.45, 2.75) is 39.0 Å². The van der Waals surface area contributed by atoms with Crippen LogP contribution in [0.2, 0.25) is 0 Å². The van der Waals surface area contributed by atoms with E-state index < -0.39 is 0 Å². The number of nitrogens with zero attached hydrogens (tertiary/aromatic N) is 1. The lowest BCUT2D eigenvalue weighted by Gasteiger charge is -2.19. The van der Waals surface area contributed by atoms with Crippen LogP contribution in [0.25, 0.3) is 0 Å². The van der Waals surface area contributed by atoms with Crippen molar-refractivity contribution in [1.82, 2.24) is 4.90 Å². The molecule has 2 aromatic rings. The first kappa shape index (κ1) is 19.8. The van der Waals surface area contributed by atoms with Gasteiger partial charge in [0.25, 0.3) is 11.8 Å². The quantitative estimate of drug-likeness (QED) is 0.566. The molecule has 0 saturated carbocycles. The second kappa shape index (κ2) is 7.97. The number of amides is 2. The molecule has 0 bridgehead atoms. The Kier molecular flexibility index (Phi) is 5.63. The van der Waals surface area contributed by atoms with Crippen molar-refractivity contribution >= 4 is 17.8 Å². The normalized spacial score (nSPS) is 13.6. The van der Waals surface area contributed by atoms with Crippen LogP contribution in [0.3, 0.4) is 0 Å². The number of fused-ring (bicyclic) bond motifs is 1. The van der Waals surface area contributed by atoms with E-state index in [1.54, 1.807) is 24.3 Å². The lowest BCUT2D eigenvalue weighted by Crippen LogP contribution is -2.33. The van der Waals surface area contributed by atoms with E-state index in [0.29, 0.717) is 17.5 Å². The van der Waals surface area contributed by atoms with E-state index in [9.17, 15) is 14.4 Å². The van der Waals surface area contributed by atoms with Crippen LogP contribution in [0.4, 0.5) is 0 Å². The second-order valence-electron chi connectivity index (χ2n) is 7.97. The van der Waals surface area contributed by atoms with Crippen molar-refractivity contribution in [1.29, 1.82) is 0 Å². The summed E-state index contributed by atoms with van der Waals surface area (Å²) in [6.07, 6.45) is 0.854. The van der Waals surface area contributed by atoms with E-state index in [0.717, 1.165) is 10.5 Å². The largest absolute Gasteiger partial charge is 0.464 e. The molecule has 5 nitrogen and oxygen atoms in total. The number of carbonyl (C=O) groups is 3. The van der Waals surface area contributed by atoms with E-state index in [2.05, 4.69) is 32.9 Å². The van der Waals surface area contributed by atoms with Crippen LogP contribution >= 0.6 is 0 Å². The molecule has 0 radical (unpaired) electrons. The maximum absolute atomic E-state index is 12.3. The SMILES string of the molecule is CC(C)(C)c1ccc(CCC(=O)OCCN2C(=O)c3ccccc3C2=O)cc1. The Hall–Kier alpha value is -2.95. The molecular formula is C23H25NO4. The summed E-state index contributed by atoms with van der Waals surface area (Å²) in [7, 11) is 0. The van der Waals surface area contributed by atoms with Gasteiger partial charge in [-0.15, -0.1) is 0 Å². The molecule has 0 fully saturated rings. The second-order valence-corrected chi connectivity index (χ2v) is 7.97. The van der Waals surface area contributed by atoms with Gasteiger partial charge in [0.05, 0.1) is 17.7 Å². The monoisotopic (exact) mass is 379 g/mol. The summed E-state index contributed by atoms with van der Waals surface area (Å²) in [6.45, 7) is 6.56. The topological polar surface area (TPSA) is 63.7 Å². The Morgan fingerprint density at radius 3 is 2.04 bits per heavy atom. The minimum absolute atomic E-state index is 0.00721. The number of imide groups is 1. The van der Waals surface area contributed by atoms with E-state index in [1.165, 1.54) is 5.56 Å². The number of rotatable bonds is 6. The number of hydrogen-bond acceptors (Lipinski definition) is 4. The smallest absolute Gasteiger partial charge is 0.306 e. The van der Waals surface area contributed by atoms with Crippen molar-refractivity contribution in [3.8, 4) is 0 Å². The molecule has 1 heterocycles. The number of ether oxygens (including phenoxy) is 1. The van der Waals surface area contributed by atoms with Gasteiger partial charge in [0.1, 0.15) is 6.61 Å². The highest BCUT2D eigenvalue weighted by Gasteiger charge is 2.34. The fraction of sp³-hybridized carbons (Fsp3) is 0.348. The molecule has 0 aliphatic carbocycles. The first-order valence-corrected chi connectivity index (χ1v) is 9.47. The van der Waals surface area contributed by atoms with Crippen LogP contribution in [0.15, 0.2) is 48.5 Å². The Balaban J connectivity index is 1.44. The van der Waals surface area contributed by atoms with Crippen molar-refractivity contribution in [2.24, 2.45) is 0 Å². The van der Waals surface area contributed by atoms with Crippen molar-refractivity contribution < 1.29 is 19.1 Å². The highest BCUT2D eigenvalue weighted by atomic mass is 16.5. The third-order valence-electron chi connectivity index (χ3n) is 4.89. The first-order chi connectivity index (χ1) is 13.3. The molecule has 5 heteroatoms. The fourth-order valence-electron chi connectivity index (χ4n) is 3.18. The Labute approximate surface area is 165 Å². The van der Waals surface area contributed by atoms with Gasteiger partial charge < -0.3 is 4.74 Å². The van der Waals surface area contributed by atoms with Gasteiger partial charge in [0, 0.05) is 6.42 Å². The summed E-state index contributed by atoms with van der Waals surface area (Å²) in [6, 6.07) is 15.0. The molecule has 3 rings (SSSR count). The molecule has 1 aliphatic heterocycles. The Bertz CT molecular complexity index is 859. The van der Waals surface area contributed by atoms with Crippen LogP contribution in [0.5, 0.6) is 0 Å². The summed E-state index contributed by atoms with van der Waals surface area (Å²) in [5, 5.41) is 0. The van der Waals surface area contributed by atoms with Gasteiger partial charge in [-0.05, 0) is 35.1 Å². The van der Waals surface area contributed by atoms with Crippen molar-refractivity contribution in [3.63, 3.8) is 0 Å². The van der Waals surface area contributed by atoms with E-state index in [4.69, 9.17) is 4.74 Å². The summed E-state index contributed by atoms with van der Waals surface area (Å²) in [5.74, 6) is -1.01. The van der Waals surface area contributed by atoms with Crippen LogP contribution < -0.4 is 0 Å². The minimum atomic E-state index is -0.337. The predicted octanol–water partition coefficient (Wildman–Crippen LogP) is 3.76. The zero-order valence-electron chi connectivity index (χ0n) is 16.5. The average Bonchev–Trinajstić information content (AvgIpc) is 2.91. The molecule has 2 aromatic carbocycles. The molecule has 0 aromatic heterocycles. The van der Waals surface area contributed by atoms with Crippen molar-refractivity contribution in [3.05, 3.63) is 70.8 Å². The third kappa shape index (κ3) is 4.30. The number of hydrogen-bond donors (Lipinski definition) is 0. The molecule has 0 atom stereocenters. The van der Waals surface area contributed by atoms with Crippen LogP contribution in [-0.2, 0) is 21.4 Å². The fourth-order valence-corrected chi connectivity index (χ4v) is 3.18. The maximum Gasteiger partial charge on any atom is 0.306 e. The van der Waals surface area contributed by atoms with Gasteiger partial charge in [-0.25, -0.2) is 0 Å². The lowest BCUT2D eigenvalue weighted by molar-refractivity contribution is -0.143. The highest BCUT2D eigenvalue weighted by molar-refractivity contribution is 6.21. The molecule has 146 valence electrons. The molecule has 0 N–H and O–H groups in total. The van der Waals surface area contributed by atoms with Crippen molar-refractivity contribution in [2.75, 3.05) is 13.2 Å². The van der Waals surface area contributed by atoms with Crippen LogP contribution in [-0.4, -0.2) is 35.8 Å².